The van der Waals surface area contributed by atoms with Crippen LogP contribution in [0.15, 0.2) is 30.5 Å². The van der Waals surface area contributed by atoms with Crippen LogP contribution in [-0.4, -0.2) is 30.2 Å². The molecule has 0 aliphatic rings. The fourth-order valence-corrected chi connectivity index (χ4v) is 2.35. The van der Waals surface area contributed by atoms with Crippen molar-refractivity contribution in [2.24, 2.45) is 0 Å². The third-order valence-corrected chi connectivity index (χ3v) is 3.82. The van der Waals surface area contributed by atoms with E-state index < -0.39 is 15.7 Å². The van der Waals surface area contributed by atoms with Crippen molar-refractivity contribution >= 4 is 21.4 Å². The molecule has 0 spiro atoms. The first-order valence-corrected chi connectivity index (χ1v) is 7.95. The van der Waals surface area contributed by atoms with Crippen LogP contribution < -0.4 is 0 Å². The molecule has 0 atom stereocenters. The Hall–Kier alpha value is -1.40. The van der Waals surface area contributed by atoms with Crippen molar-refractivity contribution in [2.45, 2.75) is 6.54 Å². The van der Waals surface area contributed by atoms with Crippen molar-refractivity contribution in [1.82, 2.24) is 9.78 Å². The summed E-state index contributed by atoms with van der Waals surface area (Å²) >= 11 is 5.73. The minimum Gasteiger partial charge on any atom is -0.264 e. The average Bonchev–Trinajstić information content (AvgIpc) is 2.77. The van der Waals surface area contributed by atoms with Crippen molar-refractivity contribution in [2.75, 3.05) is 12.0 Å². The second-order valence-electron chi connectivity index (χ2n) is 4.20. The number of sulfone groups is 1. The average molecular weight is 303 g/mol. The Labute approximate surface area is 115 Å². The number of hydrogen-bond acceptors (Lipinski definition) is 3. The highest BCUT2D eigenvalue weighted by Gasteiger charge is 2.10. The maximum Gasteiger partial charge on any atom is 0.149 e. The highest BCUT2D eigenvalue weighted by molar-refractivity contribution is 7.90. The number of nitrogens with zero attached hydrogens (tertiary/aromatic N) is 2. The van der Waals surface area contributed by atoms with Crippen LogP contribution in [-0.2, 0) is 16.4 Å². The van der Waals surface area contributed by atoms with Crippen LogP contribution in [0.5, 0.6) is 0 Å². The third-order valence-electron chi connectivity index (χ3n) is 2.61. The lowest BCUT2D eigenvalue weighted by Gasteiger charge is -2.07. The van der Waals surface area contributed by atoms with Gasteiger partial charge in [-0.05, 0) is 24.3 Å². The monoisotopic (exact) mass is 302 g/mol. The zero-order valence-corrected chi connectivity index (χ0v) is 11.7. The van der Waals surface area contributed by atoms with E-state index in [1.807, 2.05) is 0 Å². The molecule has 2 aromatic rings. The molecule has 0 N–H and O–H groups in total. The molecule has 0 bridgehead atoms. The molecule has 0 saturated carbocycles. The molecule has 0 unspecified atom stereocenters. The predicted molar refractivity (Wildman–Crippen MR) is 72.3 cm³/mol. The predicted octanol–water partition coefficient (Wildman–Crippen LogP) is 2.39. The van der Waals surface area contributed by atoms with Gasteiger partial charge in [0.05, 0.1) is 23.0 Å². The number of aryl methyl sites for hydroxylation is 1. The minimum absolute atomic E-state index is 0.00337. The second kappa shape index (κ2) is 5.30. The summed E-state index contributed by atoms with van der Waals surface area (Å²) in [6.07, 6.45) is 2.74. The van der Waals surface area contributed by atoms with E-state index >= 15 is 0 Å². The lowest BCUT2D eigenvalue weighted by atomic mass is 10.1. The number of benzene rings is 1. The highest BCUT2D eigenvalue weighted by atomic mass is 35.5. The first kappa shape index (κ1) is 14.0. The number of hydrogen-bond donors (Lipinski definition) is 0. The quantitative estimate of drug-likeness (QED) is 0.871. The second-order valence-corrected chi connectivity index (χ2v) is 6.87. The van der Waals surface area contributed by atoms with Gasteiger partial charge in [0.2, 0.25) is 0 Å². The molecule has 0 aliphatic heterocycles. The lowest BCUT2D eigenvalue weighted by Crippen LogP contribution is -2.13. The van der Waals surface area contributed by atoms with Crippen LogP contribution in [0.1, 0.15) is 0 Å². The normalized spacial score (nSPS) is 11.7. The molecule has 102 valence electrons. The Bertz CT molecular complexity index is 698. The summed E-state index contributed by atoms with van der Waals surface area (Å²) in [6, 6.07) is 6.07. The van der Waals surface area contributed by atoms with Gasteiger partial charge in [0.1, 0.15) is 15.7 Å². The van der Waals surface area contributed by atoms with E-state index in [0.29, 0.717) is 11.3 Å². The van der Waals surface area contributed by atoms with Gasteiger partial charge in [-0.3, -0.25) is 4.68 Å². The van der Waals surface area contributed by atoms with Gasteiger partial charge in [-0.1, -0.05) is 11.6 Å². The fourth-order valence-electron chi connectivity index (χ4n) is 1.66. The summed E-state index contributed by atoms with van der Waals surface area (Å²) < 4.78 is 37.0. The SMILES string of the molecule is CS(=O)(=O)CCn1nccc1-c1ccc(F)c(Cl)c1. The van der Waals surface area contributed by atoms with Crippen molar-refractivity contribution in [3.8, 4) is 11.3 Å². The van der Waals surface area contributed by atoms with Gasteiger partial charge in [0, 0.05) is 18.0 Å². The first-order valence-electron chi connectivity index (χ1n) is 5.52. The van der Waals surface area contributed by atoms with Crippen LogP contribution in [0.3, 0.4) is 0 Å². The fraction of sp³-hybridized carbons (Fsp3) is 0.250. The molecule has 2 rings (SSSR count). The molecule has 0 amide bonds. The number of rotatable bonds is 4. The van der Waals surface area contributed by atoms with Crippen LogP contribution in [0.25, 0.3) is 11.3 Å². The summed E-state index contributed by atoms with van der Waals surface area (Å²) in [5.74, 6) is -0.496. The third kappa shape index (κ3) is 3.54. The Morgan fingerprint density at radius 3 is 2.74 bits per heavy atom. The van der Waals surface area contributed by atoms with E-state index in [4.69, 9.17) is 11.6 Å². The zero-order valence-electron chi connectivity index (χ0n) is 10.2. The van der Waals surface area contributed by atoms with Gasteiger partial charge in [0.15, 0.2) is 0 Å². The molecule has 1 aromatic heterocycles. The van der Waals surface area contributed by atoms with Crippen LogP contribution >= 0.6 is 11.6 Å². The van der Waals surface area contributed by atoms with Crippen molar-refractivity contribution in [3.05, 3.63) is 41.3 Å². The van der Waals surface area contributed by atoms with E-state index in [1.54, 1.807) is 23.0 Å². The molecule has 1 heterocycles. The standard InChI is InChI=1S/C12H12ClFN2O2S/c1-19(17,18)7-6-16-12(4-5-15-16)9-2-3-11(14)10(13)8-9/h2-5,8H,6-7H2,1H3. The summed E-state index contributed by atoms with van der Waals surface area (Å²) in [4.78, 5) is 0. The smallest absolute Gasteiger partial charge is 0.149 e. The summed E-state index contributed by atoms with van der Waals surface area (Å²) in [5.41, 5.74) is 1.39. The van der Waals surface area contributed by atoms with E-state index in [0.717, 1.165) is 0 Å². The molecule has 19 heavy (non-hydrogen) atoms. The highest BCUT2D eigenvalue weighted by Crippen LogP contribution is 2.24. The number of aromatic nitrogens is 2. The number of halogens is 2. The Kier molecular flexibility index (Phi) is 3.91. The Morgan fingerprint density at radius 1 is 1.37 bits per heavy atom. The molecule has 1 aromatic carbocycles. The van der Waals surface area contributed by atoms with Gasteiger partial charge in [0.25, 0.3) is 0 Å². The van der Waals surface area contributed by atoms with Crippen LogP contribution in [0.2, 0.25) is 5.02 Å². The maximum atomic E-state index is 13.1. The van der Waals surface area contributed by atoms with Gasteiger partial charge in [-0.15, -0.1) is 0 Å². The van der Waals surface area contributed by atoms with E-state index in [9.17, 15) is 12.8 Å². The van der Waals surface area contributed by atoms with Crippen molar-refractivity contribution < 1.29 is 12.8 Å². The molecule has 4 nitrogen and oxygen atoms in total. The van der Waals surface area contributed by atoms with Crippen molar-refractivity contribution in [1.29, 1.82) is 0 Å². The molecule has 7 heteroatoms. The lowest BCUT2D eigenvalue weighted by molar-refractivity contribution is 0.587. The molecule has 0 saturated heterocycles. The Morgan fingerprint density at radius 2 is 2.11 bits per heavy atom. The summed E-state index contributed by atoms with van der Waals surface area (Å²) in [5, 5.41) is 4.08. The molecular formula is C12H12ClFN2O2S. The molecule has 0 fully saturated rings. The topological polar surface area (TPSA) is 52.0 Å². The van der Waals surface area contributed by atoms with Gasteiger partial charge in [-0.25, -0.2) is 12.8 Å². The first-order chi connectivity index (χ1) is 8.87. The zero-order chi connectivity index (χ0) is 14.0. The molecular weight excluding hydrogens is 291 g/mol. The van der Waals surface area contributed by atoms with Gasteiger partial charge in [-0.2, -0.15) is 5.10 Å². The largest absolute Gasteiger partial charge is 0.264 e. The molecule has 0 radical (unpaired) electrons. The van der Waals surface area contributed by atoms with Crippen LogP contribution in [0, 0.1) is 5.82 Å². The Balaban J connectivity index is 2.30. The summed E-state index contributed by atoms with van der Waals surface area (Å²) in [6.45, 7) is 0.246. The summed E-state index contributed by atoms with van der Waals surface area (Å²) in [7, 11) is -3.06. The molecule has 0 aliphatic carbocycles. The minimum atomic E-state index is -3.06. The van der Waals surface area contributed by atoms with Gasteiger partial charge < -0.3 is 0 Å². The van der Waals surface area contributed by atoms with Gasteiger partial charge >= 0.3 is 0 Å². The van der Waals surface area contributed by atoms with E-state index in [2.05, 4.69) is 5.10 Å². The van der Waals surface area contributed by atoms with Crippen LogP contribution in [0.4, 0.5) is 4.39 Å². The van der Waals surface area contributed by atoms with E-state index in [1.165, 1.54) is 18.4 Å². The van der Waals surface area contributed by atoms with E-state index in [-0.39, 0.29) is 17.3 Å². The maximum absolute atomic E-state index is 13.1. The van der Waals surface area contributed by atoms with Crippen molar-refractivity contribution in [3.63, 3.8) is 0 Å².